The van der Waals surface area contributed by atoms with Crippen LogP contribution in [-0.4, -0.2) is 9.24 Å². The van der Waals surface area contributed by atoms with Crippen LogP contribution in [0.15, 0.2) is 64.6 Å². The van der Waals surface area contributed by atoms with Crippen molar-refractivity contribution in [3.05, 3.63) is 86.7 Å². The average molecular weight is 415 g/mol. The lowest BCUT2D eigenvalue weighted by Crippen LogP contribution is -2.28. The molecular formula is C24H22N4OS. The highest BCUT2D eigenvalue weighted by atomic mass is 32.1. The molecule has 0 saturated heterocycles. The Bertz CT molecular complexity index is 1320. The van der Waals surface area contributed by atoms with Crippen LogP contribution < -0.4 is 10.4 Å². The van der Waals surface area contributed by atoms with Gasteiger partial charge in [0.15, 0.2) is 0 Å². The Morgan fingerprint density at radius 2 is 1.97 bits per heavy atom. The number of hydrogen-bond acceptors (Lipinski definition) is 4. The van der Waals surface area contributed by atoms with Gasteiger partial charge in [0.25, 0.3) is 5.56 Å². The molecule has 30 heavy (non-hydrogen) atoms. The van der Waals surface area contributed by atoms with Crippen LogP contribution in [0.1, 0.15) is 35.7 Å². The Kier molecular flexibility index (Phi) is 4.56. The number of allylic oxidation sites excluding steroid dienone is 2. The van der Waals surface area contributed by atoms with Gasteiger partial charge in [-0.15, -0.1) is 5.10 Å². The van der Waals surface area contributed by atoms with Crippen LogP contribution in [0.25, 0.3) is 10.4 Å². The second-order valence-electron chi connectivity index (χ2n) is 8.17. The minimum absolute atomic E-state index is 0.151. The number of thiazole rings is 1. The molecule has 150 valence electrons. The summed E-state index contributed by atoms with van der Waals surface area (Å²) >= 11 is 1.59. The van der Waals surface area contributed by atoms with Gasteiger partial charge in [0.05, 0.1) is 4.88 Å². The lowest BCUT2D eigenvalue weighted by Gasteiger charge is -2.20. The standard InChI is InChI=1S/C24H22N4OS/c1-15-10-16(2)28(23(29)20(15)13-25)26-24-27(21-12-17-8-9-19(21)11-17)14-22(30-24)18-6-4-3-5-7-18/h3-10,14,17,19,21H,11-12H2,1-2H3/b26-24+/t17-,19+,21+/m1/s1. The van der Waals surface area contributed by atoms with E-state index in [0.717, 1.165) is 27.4 Å². The van der Waals surface area contributed by atoms with Crippen molar-refractivity contribution in [2.24, 2.45) is 16.9 Å². The number of fused-ring (bicyclic) bond motifs is 2. The number of benzene rings is 1. The Labute approximate surface area is 178 Å². The largest absolute Gasteiger partial charge is 0.318 e. The van der Waals surface area contributed by atoms with E-state index in [0.29, 0.717) is 23.4 Å². The molecule has 0 radical (unpaired) electrons. The summed E-state index contributed by atoms with van der Waals surface area (Å²) in [6.45, 7) is 3.65. The van der Waals surface area contributed by atoms with Crippen molar-refractivity contribution >= 4 is 11.3 Å². The first kappa shape index (κ1) is 18.8. The van der Waals surface area contributed by atoms with Crippen molar-refractivity contribution in [3.8, 4) is 16.5 Å². The van der Waals surface area contributed by atoms with E-state index >= 15 is 0 Å². The first-order valence-electron chi connectivity index (χ1n) is 10.2. The first-order chi connectivity index (χ1) is 14.5. The minimum Gasteiger partial charge on any atom is -0.318 e. The molecule has 0 unspecified atom stereocenters. The molecule has 2 aliphatic carbocycles. The van der Waals surface area contributed by atoms with Crippen LogP contribution in [0.2, 0.25) is 0 Å². The fraction of sp³-hybridized carbons (Fsp3) is 0.292. The van der Waals surface area contributed by atoms with Gasteiger partial charge in [0.1, 0.15) is 11.6 Å². The monoisotopic (exact) mass is 414 g/mol. The number of nitrogens with zero attached hydrogens (tertiary/aromatic N) is 4. The topological polar surface area (TPSA) is 63.1 Å². The molecule has 6 heteroatoms. The molecule has 5 rings (SSSR count). The average Bonchev–Trinajstić information content (AvgIpc) is 3.47. The van der Waals surface area contributed by atoms with Crippen LogP contribution in [0.3, 0.4) is 0 Å². The number of pyridine rings is 1. The van der Waals surface area contributed by atoms with Gasteiger partial charge in [0, 0.05) is 17.9 Å². The molecule has 3 atom stereocenters. The van der Waals surface area contributed by atoms with Crippen LogP contribution in [0.5, 0.6) is 0 Å². The Hall–Kier alpha value is -3.17. The van der Waals surface area contributed by atoms with Crippen molar-refractivity contribution < 1.29 is 0 Å². The van der Waals surface area contributed by atoms with Crippen molar-refractivity contribution in [2.45, 2.75) is 32.7 Å². The second kappa shape index (κ2) is 7.26. The summed E-state index contributed by atoms with van der Waals surface area (Å²) in [5, 5.41) is 14.2. The zero-order valence-electron chi connectivity index (χ0n) is 16.9. The van der Waals surface area contributed by atoms with Gasteiger partial charge in [0.2, 0.25) is 4.80 Å². The molecular weight excluding hydrogens is 392 g/mol. The van der Waals surface area contributed by atoms with E-state index in [1.807, 2.05) is 37.3 Å². The van der Waals surface area contributed by atoms with Crippen molar-refractivity contribution in [1.82, 2.24) is 9.24 Å². The zero-order valence-corrected chi connectivity index (χ0v) is 17.8. The van der Waals surface area contributed by atoms with E-state index in [1.165, 1.54) is 11.1 Å². The summed E-state index contributed by atoms with van der Waals surface area (Å²) in [7, 11) is 0. The summed E-state index contributed by atoms with van der Waals surface area (Å²) < 4.78 is 3.63. The molecule has 2 heterocycles. The van der Waals surface area contributed by atoms with Crippen molar-refractivity contribution in [3.63, 3.8) is 0 Å². The highest BCUT2D eigenvalue weighted by Gasteiger charge is 2.37. The predicted molar refractivity (Wildman–Crippen MR) is 118 cm³/mol. The van der Waals surface area contributed by atoms with E-state index in [2.05, 4.69) is 35.0 Å². The Morgan fingerprint density at radius 3 is 2.63 bits per heavy atom. The molecule has 0 aliphatic heterocycles. The second-order valence-corrected chi connectivity index (χ2v) is 9.18. The maximum atomic E-state index is 12.9. The van der Waals surface area contributed by atoms with E-state index in [9.17, 15) is 10.1 Å². The highest BCUT2D eigenvalue weighted by Crippen LogP contribution is 2.46. The maximum Gasteiger partial charge on any atom is 0.289 e. The van der Waals surface area contributed by atoms with Gasteiger partial charge in [-0.05, 0) is 55.7 Å². The third kappa shape index (κ3) is 3.06. The predicted octanol–water partition coefficient (Wildman–Crippen LogP) is 4.37. The molecule has 2 aliphatic rings. The summed E-state index contributed by atoms with van der Waals surface area (Å²) in [6, 6.07) is 14.5. The van der Waals surface area contributed by atoms with Crippen molar-refractivity contribution in [2.75, 3.05) is 0 Å². The van der Waals surface area contributed by atoms with Crippen molar-refractivity contribution in [1.29, 1.82) is 5.26 Å². The molecule has 5 nitrogen and oxygen atoms in total. The van der Waals surface area contributed by atoms with E-state index in [1.54, 1.807) is 18.3 Å². The lowest BCUT2D eigenvalue weighted by molar-refractivity contribution is 0.421. The molecule has 0 spiro atoms. The fourth-order valence-corrected chi connectivity index (χ4v) is 5.74. The summed E-state index contributed by atoms with van der Waals surface area (Å²) in [4.78, 5) is 14.8. The quantitative estimate of drug-likeness (QED) is 0.598. The Morgan fingerprint density at radius 1 is 1.17 bits per heavy atom. The molecule has 2 aromatic heterocycles. The number of hydrogen-bond donors (Lipinski definition) is 0. The normalized spacial score (nSPS) is 22.6. The summed E-state index contributed by atoms with van der Waals surface area (Å²) in [5.41, 5.74) is 2.35. The van der Waals surface area contributed by atoms with Crippen LogP contribution in [0.4, 0.5) is 0 Å². The molecule has 1 saturated carbocycles. The van der Waals surface area contributed by atoms with Gasteiger partial charge in [-0.25, -0.2) is 0 Å². The van der Waals surface area contributed by atoms with Gasteiger partial charge in [-0.2, -0.15) is 9.94 Å². The first-order valence-corrected chi connectivity index (χ1v) is 11.0. The highest BCUT2D eigenvalue weighted by molar-refractivity contribution is 7.12. The van der Waals surface area contributed by atoms with Gasteiger partial charge >= 0.3 is 0 Å². The number of aryl methyl sites for hydroxylation is 2. The van der Waals surface area contributed by atoms with Crippen LogP contribution >= 0.6 is 11.3 Å². The summed E-state index contributed by atoms with van der Waals surface area (Å²) in [5.74, 6) is 1.15. The van der Waals surface area contributed by atoms with E-state index in [4.69, 9.17) is 5.10 Å². The zero-order chi connectivity index (χ0) is 20.8. The SMILES string of the molecule is Cc1cc(C)n(/N=c2/sc(-c3ccccc3)cn2[C@H]2C[C@@H]3C=C[C@H]2C3)c(=O)c1C#N. The van der Waals surface area contributed by atoms with Crippen LogP contribution in [-0.2, 0) is 0 Å². The lowest BCUT2D eigenvalue weighted by atomic mass is 10.0. The summed E-state index contributed by atoms with van der Waals surface area (Å²) in [6.07, 6.45) is 9.13. The minimum atomic E-state index is -0.357. The maximum absolute atomic E-state index is 12.9. The third-order valence-electron chi connectivity index (χ3n) is 6.20. The third-order valence-corrected chi connectivity index (χ3v) is 7.23. The van der Waals surface area contributed by atoms with E-state index in [-0.39, 0.29) is 11.1 Å². The Balaban J connectivity index is 1.72. The van der Waals surface area contributed by atoms with Gasteiger partial charge < -0.3 is 4.57 Å². The fourth-order valence-electron chi connectivity index (χ4n) is 4.70. The molecule has 0 amide bonds. The molecule has 1 aromatic carbocycles. The molecule has 1 fully saturated rings. The van der Waals surface area contributed by atoms with Crippen LogP contribution in [0, 0.1) is 37.0 Å². The smallest absolute Gasteiger partial charge is 0.289 e. The molecule has 0 N–H and O–H groups in total. The van der Waals surface area contributed by atoms with Gasteiger partial charge in [-0.1, -0.05) is 53.8 Å². The number of rotatable bonds is 3. The molecule has 2 bridgehead atoms. The molecule has 3 aromatic rings. The van der Waals surface area contributed by atoms with Gasteiger partial charge in [-0.3, -0.25) is 4.79 Å². The number of nitriles is 1. The number of aromatic nitrogens is 2. The van der Waals surface area contributed by atoms with E-state index < -0.39 is 0 Å².